The number of aliphatic hydroxyl groups excluding tert-OH is 1. The van der Waals surface area contributed by atoms with E-state index in [1.54, 1.807) is 12.1 Å². The second-order valence-corrected chi connectivity index (χ2v) is 8.63. The van der Waals surface area contributed by atoms with Crippen LogP contribution in [0.1, 0.15) is 43.1 Å². The number of carbonyl (C=O) groups excluding carboxylic acids is 1. The molecule has 0 bridgehead atoms. The molecule has 0 unspecified atom stereocenters. The summed E-state index contributed by atoms with van der Waals surface area (Å²) in [4.78, 5) is 15.4. The number of rotatable bonds is 8. The van der Waals surface area contributed by atoms with Crippen molar-refractivity contribution in [3.05, 3.63) is 65.4 Å². The minimum atomic E-state index is -0.111. The topological polar surface area (TPSA) is 73.9 Å². The fraction of sp³-hybridized carbons (Fsp3) is 0.423. The Labute approximate surface area is 183 Å². The predicted molar refractivity (Wildman–Crippen MR) is 121 cm³/mol. The lowest BCUT2D eigenvalue weighted by Gasteiger charge is -2.28. The first kappa shape index (κ1) is 21.4. The van der Waals surface area contributed by atoms with Gasteiger partial charge in [-0.2, -0.15) is 0 Å². The number of furan rings is 1. The number of carbonyl (C=O) groups is 1. The molecule has 4 rings (SSSR count). The first-order valence-electron chi connectivity index (χ1n) is 11.3. The van der Waals surface area contributed by atoms with Gasteiger partial charge in [0.2, 0.25) is 5.91 Å². The maximum absolute atomic E-state index is 13.3. The van der Waals surface area contributed by atoms with Crippen LogP contribution in [-0.4, -0.2) is 40.2 Å². The Morgan fingerprint density at radius 3 is 2.74 bits per heavy atom. The van der Waals surface area contributed by atoms with Crippen molar-refractivity contribution in [3.63, 3.8) is 0 Å². The Morgan fingerprint density at radius 2 is 1.97 bits per heavy atom. The van der Waals surface area contributed by atoms with E-state index in [4.69, 9.17) is 4.42 Å². The predicted octanol–water partition coefficient (Wildman–Crippen LogP) is 4.48. The summed E-state index contributed by atoms with van der Waals surface area (Å²) in [5.74, 6) is 1.26. The third-order valence-corrected chi connectivity index (χ3v) is 6.34. The molecule has 1 saturated heterocycles. The molecule has 2 N–H and O–H groups in total. The third-order valence-electron chi connectivity index (χ3n) is 6.34. The van der Waals surface area contributed by atoms with Gasteiger partial charge < -0.3 is 19.5 Å². The summed E-state index contributed by atoms with van der Waals surface area (Å²) < 4.78 is 6.11. The lowest BCUT2D eigenvalue weighted by Crippen LogP contribution is -2.40. The van der Waals surface area contributed by atoms with Crippen LogP contribution in [0.3, 0.4) is 0 Å². The highest BCUT2D eigenvalue weighted by atomic mass is 16.3. The van der Waals surface area contributed by atoms with Crippen LogP contribution >= 0.6 is 0 Å². The van der Waals surface area contributed by atoms with Crippen LogP contribution in [0.5, 0.6) is 5.75 Å². The standard InChI is InChI=1S/C26H31NO4/c1-18(16-19-10-12-21(29)13-11-19)26(30)27-14-4-6-20(27)17-23-22-7-2-3-8-24(22)31-25(23)9-5-15-28/h2-3,7-8,10-13,18,20,28-29H,4-6,9,14-17H2,1H3/t18-,20-/m0/s1. The average Bonchev–Trinajstić information content (AvgIpc) is 3.38. The lowest BCUT2D eigenvalue weighted by molar-refractivity contribution is -0.135. The molecular formula is C26H31NO4. The Balaban J connectivity index is 1.51. The SMILES string of the molecule is C[C@@H](Cc1ccc(O)cc1)C(=O)N1CCC[C@H]1Cc1c(CCCO)oc2ccccc12. The number of amides is 1. The summed E-state index contributed by atoms with van der Waals surface area (Å²) in [5.41, 5.74) is 3.11. The summed E-state index contributed by atoms with van der Waals surface area (Å²) in [5, 5.41) is 19.9. The van der Waals surface area contributed by atoms with E-state index in [1.165, 1.54) is 5.56 Å². The van der Waals surface area contributed by atoms with Crippen LogP contribution in [-0.2, 0) is 24.1 Å². The van der Waals surface area contributed by atoms with Gasteiger partial charge in [-0.1, -0.05) is 37.3 Å². The fourth-order valence-corrected chi connectivity index (χ4v) is 4.74. The average molecular weight is 422 g/mol. The number of hydrogen-bond donors (Lipinski definition) is 2. The number of phenols is 1. The van der Waals surface area contributed by atoms with Gasteiger partial charge in [0, 0.05) is 42.5 Å². The summed E-state index contributed by atoms with van der Waals surface area (Å²) in [7, 11) is 0. The number of aryl methyl sites for hydroxylation is 1. The van der Waals surface area contributed by atoms with E-state index >= 15 is 0 Å². The van der Waals surface area contributed by atoms with E-state index < -0.39 is 0 Å². The summed E-state index contributed by atoms with van der Waals surface area (Å²) in [6.07, 6.45) is 4.84. The van der Waals surface area contributed by atoms with Crippen LogP contribution in [0.2, 0.25) is 0 Å². The van der Waals surface area contributed by atoms with Gasteiger partial charge in [0.15, 0.2) is 0 Å². The lowest BCUT2D eigenvalue weighted by atomic mass is 9.96. The number of phenolic OH excluding ortho intramolecular Hbond substituents is 1. The van der Waals surface area contributed by atoms with Gasteiger partial charge in [0.25, 0.3) is 0 Å². The number of aromatic hydroxyl groups is 1. The number of nitrogens with zero attached hydrogens (tertiary/aromatic N) is 1. The van der Waals surface area contributed by atoms with Crippen molar-refractivity contribution in [2.24, 2.45) is 5.92 Å². The van der Waals surface area contributed by atoms with Crippen molar-refractivity contribution in [1.82, 2.24) is 4.90 Å². The molecule has 2 aromatic carbocycles. The normalized spacial score (nSPS) is 17.4. The van der Waals surface area contributed by atoms with Gasteiger partial charge in [-0.05, 0) is 55.9 Å². The molecule has 1 aliphatic rings. The molecule has 1 aliphatic heterocycles. The molecule has 2 atom stereocenters. The van der Waals surface area contributed by atoms with Gasteiger partial charge >= 0.3 is 0 Å². The van der Waals surface area contributed by atoms with Gasteiger partial charge in [0.1, 0.15) is 17.1 Å². The van der Waals surface area contributed by atoms with E-state index in [-0.39, 0.29) is 30.2 Å². The van der Waals surface area contributed by atoms with Crippen molar-refractivity contribution >= 4 is 16.9 Å². The van der Waals surface area contributed by atoms with Crippen LogP contribution in [0.4, 0.5) is 0 Å². The molecule has 1 fully saturated rings. The smallest absolute Gasteiger partial charge is 0.225 e. The zero-order valence-corrected chi connectivity index (χ0v) is 18.1. The third kappa shape index (κ3) is 4.77. The first-order chi connectivity index (χ1) is 15.1. The van der Waals surface area contributed by atoms with Crippen molar-refractivity contribution < 1.29 is 19.4 Å². The van der Waals surface area contributed by atoms with E-state index in [9.17, 15) is 15.0 Å². The Hall–Kier alpha value is -2.79. The molecule has 31 heavy (non-hydrogen) atoms. The van der Waals surface area contributed by atoms with E-state index in [0.717, 1.165) is 48.1 Å². The van der Waals surface area contributed by atoms with E-state index in [0.29, 0.717) is 19.3 Å². The molecule has 1 amide bonds. The maximum Gasteiger partial charge on any atom is 0.225 e. The summed E-state index contributed by atoms with van der Waals surface area (Å²) in [6.45, 7) is 2.93. The molecular weight excluding hydrogens is 390 g/mol. The monoisotopic (exact) mass is 421 g/mol. The minimum Gasteiger partial charge on any atom is -0.508 e. The number of benzene rings is 2. The molecule has 0 saturated carbocycles. The largest absolute Gasteiger partial charge is 0.508 e. The number of likely N-dealkylation sites (tertiary alicyclic amines) is 1. The van der Waals surface area contributed by atoms with Gasteiger partial charge in [-0.15, -0.1) is 0 Å². The van der Waals surface area contributed by atoms with Crippen LogP contribution in [0, 0.1) is 5.92 Å². The molecule has 0 aliphatic carbocycles. The van der Waals surface area contributed by atoms with Crippen LogP contribution in [0.25, 0.3) is 11.0 Å². The fourth-order valence-electron chi connectivity index (χ4n) is 4.74. The van der Waals surface area contributed by atoms with E-state index in [2.05, 4.69) is 11.0 Å². The molecule has 2 heterocycles. The quantitative estimate of drug-likeness (QED) is 0.563. The Morgan fingerprint density at radius 1 is 1.19 bits per heavy atom. The number of fused-ring (bicyclic) bond motifs is 1. The van der Waals surface area contributed by atoms with Gasteiger partial charge in [-0.25, -0.2) is 0 Å². The van der Waals surface area contributed by atoms with Crippen molar-refractivity contribution in [2.75, 3.05) is 13.2 Å². The number of para-hydroxylation sites is 1. The second-order valence-electron chi connectivity index (χ2n) is 8.63. The zero-order valence-electron chi connectivity index (χ0n) is 18.1. The van der Waals surface area contributed by atoms with Crippen LogP contribution in [0.15, 0.2) is 52.9 Å². The molecule has 0 spiro atoms. The Bertz CT molecular complexity index is 1020. The van der Waals surface area contributed by atoms with Gasteiger partial charge in [0.05, 0.1) is 0 Å². The molecule has 0 radical (unpaired) electrons. The van der Waals surface area contributed by atoms with Crippen molar-refractivity contribution in [1.29, 1.82) is 0 Å². The molecule has 5 nitrogen and oxygen atoms in total. The Kier molecular flexibility index (Phi) is 6.62. The summed E-state index contributed by atoms with van der Waals surface area (Å²) >= 11 is 0. The second kappa shape index (κ2) is 9.56. The highest BCUT2D eigenvalue weighted by Gasteiger charge is 2.32. The molecule has 5 heteroatoms. The number of hydrogen-bond acceptors (Lipinski definition) is 4. The van der Waals surface area contributed by atoms with Crippen molar-refractivity contribution in [3.8, 4) is 5.75 Å². The highest BCUT2D eigenvalue weighted by Crippen LogP contribution is 2.32. The van der Waals surface area contributed by atoms with Crippen LogP contribution < -0.4 is 0 Å². The highest BCUT2D eigenvalue weighted by molar-refractivity contribution is 5.83. The molecule has 3 aromatic rings. The van der Waals surface area contributed by atoms with Crippen molar-refractivity contribution in [2.45, 2.75) is 51.5 Å². The summed E-state index contributed by atoms with van der Waals surface area (Å²) in [6, 6.07) is 15.3. The minimum absolute atomic E-state index is 0.111. The zero-order chi connectivity index (χ0) is 21.8. The maximum atomic E-state index is 13.3. The number of aliphatic hydroxyl groups is 1. The molecule has 1 aromatic heterocycles. The van der Waals surface area contributed by atoms with E-state index in [1.807, 2.05) is 37.3 Å². The molecule has 164 valence electrons. The first-order valence-corrected chi connectivity index (χ1v) is 11.3. The van der Waals surface area contributed by atoms with Gasteiger partial charge in [-0.3, -0.25) is 4.79 Å².